The molecule has 1 aliphatic heterocycles. The van der Waals surface area contributed by atoms with Gasteiger partial charge in [0.15, 0.2) is 0 Å². The molecule has 1 aliphatic carbocycles. The number of carboxylic acids is 1. The molecule has 1 saturated carbocycles. The quantitative estimate of drug-likeness (QED) is 0.898. The fraction of sp³-hybridized carbons (Fsp3) is 0.364. The summed E-state index contributed by atoms with van der Waals surface area (Å²) < 4.78 is 5.89. The fourth-order valence-electron chi connectivity index (χ4n) is 4.31. The van der Waals surface area contributed by atoms with Gasteiger partial charge in [-0.25, -0.2) is 4.79 Å². The van der Waals surface area contributed by atoms with E-state index in [0.29, 0.717) is 29.8 Å². The Hall–Kier alpha value is -2.66. The van der Waals surface area contributed by atoms with Crippen molar-refractivity contribution in [3.8, 4) is 11.1 Å². The predicted molar refractivity (Wildman–Crippen MR) is 102 cm³/mol. The zero-order valence-corrected chi connectivity index (χ0v) is 15.1. The molecule has 5 nitrogen and oxygen atoms in total. The molecule has 1 amide bonds. The van der Waals surface area contributed by atoms with E-state index in [4.69, 9.17) is 4.74 Å². The lowest BCUT2D eigenvalue weighted by Gasteiger charge is -2.44. The first-order valence-corrected chi connectivity index (χ1v) is 9.51. The van der Waals surface area contributed by atoms with Crippen LogP contribution >= 0.6 is 0 Å². The minimum Gasteiger partial charge on any atom is -0.478 e. The molecular weight excluding hydrogens is 342 g/mol. The third-order valence-corrected chi connectivity index (χ3v) is 5.60. The van der Waals surface area contributed by atoms with Crippen molar-refractivity contribution >= 4 is 11.9 Å². The van der Waals surface area contributed by atoms with Gasteiger partial charge in [0.1, 0.15) is 0 Å². The van der Waals surface area contributed by atoms with Gasteiger partial charge in [-0.05, 0) is 36.1 Å². The third kappa shape index (κ3) is 3.35. The van der Waals surface area contributed by atoms with Gasteiger partial charge in [0.2, 0.25) is 0 Å². The van der Waals surface area contributed by atoms with Gasteiger partial charge in [-0.1, -0.05) is 49.2 Å². The first kappa shape index (κ1) is 17.7. The molecule has 140 valence electrons. The molecule has 1 saturated heterocycles. The Morgan fingerprint density at radius 3 is 2.30 bits per heavy atom. The highest BCUT2D eigenvalue weighted by atomic mass is 16.5. The number of hydrogen-bond acceptors (Lipinski definition) is 3. The molecule has 27 heavy (non-hydrogen) atoms. The van der Waals surface area contributed by atoms with Crippen molar-refractivity contribution in [1.82, 2.24) is 4.90 Å². The highest BCUT2D eigenvalue weighted by molar-refractivity contribution is 6.04. The normalized spacial score (nSPS) is 22.1. The number of aromatic carboxylic acids is 1. The summed E-state index contributed by atoms with van der Waals surface area (Å²) >= 11 is 0. The molecule has 0 radical (unpaired) electrons. The van der Waals surface area contributed by atoms with Gasteiger partial charge in [-0.3, -0.25) is 4.79 Å². The number of carboxylic acid groups (broad SMARTS) is 1. The second-order valence-electron chi connectivity index (χ2n) is 7.16. The Morgan fingerprint density at radius 2 is 1.56 bits per heavy atom. The third-order valence-electron chi connectivity index (χ3n) is 5.60. The number of carbonyl (C=O) groups is 2. The van der Waals surface area contributed by atoms with E-state index in [-0.39, 0.29) is 23.6 Å². The molecule has 4 rings (SSSR count). The van der Waals surface area contributed by atoms with E-state index < -0.39 is 5.97 Å². The summed E-state index contributed by atoms with van der Waals surface area (Å²) in [4.78, 5) is 27.0. The Morgan fingerprint density at radius 1 is 0.926 bits per heavy atom. The lowest BCUT2D eigenvalue weighted by Crippen LogP contribution is -2.54. The smallest absolute Gasteiger partial charge is 0.336 e. The van der Waals surface area contributed by atoms with E-state index >= 15 is 0 Å². The maximum Gasteiger partial charge on any atom is 0.336 e. The van der Waals surface area contributed by atoms with Gasteiger partial charge < -0.3 is 14.7 Å². The largest absolute Gasteiger partial charge is 0.478 e. The molecule has 2 aliphatic rings. The van der Waals surface area contributed by atoms with Gasteiger partial charge in [0.05, 0.1) is 24.3 Å². The first-order valence-electron chi connectivity index (χ1n) is 9.51. The molecule has 2 atom stereocenters. The monoisotopic (exact) mass is 365 g/mol. The Bertz CT molecular complexity index is 861. The Labute approximate surface area is 158 Å². The highest BCUT2D eigenvalue weighted by Gasteiger charge is 2.37. The molecule has 2 fully saturated rings. The molecule has 2 aromatic carbocycles. The number of nitrogens with zero attached hydrogens (tertiary/aromatic N) is 1. The van der Waals surface area contributed by atoms with E-state index in [1.807, 2.05) is 23.1 Å². The lowest BCUT2D eigenvalue weighted by molar-refractivity contribution is -0.0752. The molecule has 2 unspecified atom stereocenters. The van der Waals surface area contributed by atoms with Crippen LogP contribution in [-0.4, -0.2) is 47.2 Å². The second kappa shape index (κ2) is 7.53. The SMILES string of the molecule is O=C(O)c1ccccc1-c1ccccc1C(=O)N1CCOC2CCCCC21. The summed E-state index contributed by atoms with van der Waals surface area (Å²) in [5, 5.41) is 9.55. The van der Waals surface area contributed by atoms with Crippen LogP contribution in [0.25, 0.3) is 11.1 Å². The van der Waals surface area contributed by atoms with Gasteiger partial charge in [0, 0.05) is 12.1 Å². The topological polar surface area (TPSA) is 66.8 Å². The van der Waals surface area contributed by atoms with Crippen molar-refractivity contribution in [2.24, 2.45) is 0 Å². The number of amides is 1. The molecule has 2 aromatic rings. The van der Waals surface area contributed by atoms with Crippen LogP contribution in [0.3, 0.4) is 0 Å². The summed E-state index contributed by atoms with van der Waals surface area (Å²) in [5.41, 5.74) is 1.99. The fourth-order valence-corrected chi connectivity index (χ4v) is 4.31. The summed E-state index contributed by atoms with van der Waals surface area (Å²) in [6.45, 7) is 1.13. The minimum absolute atomic E-state index is 0.0361. The van der Waals surface area contributed by atoms with Crippen LogP contribution in [0.5, 0.6) is 0 Å². The summed E-state index contributed by atoms with van der Waals surface area (Å²) in [7, 11) is 0. The number of morpholine rings is 1. The van der Waals surface area contributed by atoms with Crippen molar-refractivity contribution in [2.45, 2.75) is 37.8 Å². The first-order chi connectivity index (χ1) is 13.2. The van der Waals surface area contributed by atoms with Gasteiger partial charge in [-0.15, -0.1) is 0 Å². The van der Waals surface area contributed by atoms with Crippen molar-refractivity contribution in [2.75, 3.05) is 13.2 Å². The molecule has 0 aromatic heterocycles. The van der Waals surface area contributed by atoms with Crippen molar-refractivity contribution in [3.05, 3.63) is 59.7 Å². The van der Waals surface area contributed by atoms with Crippen LogP contribution in [0.2, 0.25) is 0 Å². The lowest BCUT2D eigenvalue weighted by atomic mass is 9.89. The zero-order chi connectivity index (χ0) is 18.8. The van der Waals surface area contributed by atoms with Crippen LogP contribution < -0.4 is 0 Å². The Balaban J connectivity index is 1.73. The maximum absolute atomic E-state index is 13.5. The van der Waals surface area contributed by atoms with E-state index in [2.05, 4.69) is 0 Å². The van der Waals surface area contributed by atoms with Crippen LogP contribution in [0.1, 0.15) is 46.4 Å². The van der Waals surface area contributed by atoms with Crippen LogP contribution in [0, 0.1) is 0 Å². The second-order valence-corrected chi connectivity index (χ2v) is 7.16. The molecule has 0 bridgehead atoms. The molecular formula is C22H23NO4. The van der Waals surface area contributed by atoms with E-state index in [1.54, 1.807) is 30.3 Å². The van der Waals surface area contributed by atoms with Gasteiger partial charge >= 0.3 is 5.97 Å². The molecule has 1 N–H and O–H groups in total. The molecule has 1 heterocycles. The number of fused-ring (bicyclic) bond motifs is 1. The average Bonchev–Trinajstić information content (AvgIpc) is 2.73. The summed E-state index contributed by atoms with van der Waals surface area (Å²) in [6.07, 6.45) is 4.33. The number of ether oxygens (including phenoxy) is 1. The standard InChI is InChI=1S/C22H23NO4/c24-21(23-13-14-27-20-12-6-5-11-19(20)23)17-9-3-1-7-15(17)16-8-2-4-10-18(16)22(25)26/h1-4,7-10,19-20H,5-6,11-14H2,(H,25,26). The molecule has 5 heteroatoms. The van der Waals surface area contributed by atoms with Crippen LogP contribution in [0.15, 0.2) is 48.5 Å². The van der Waals surface area contributed by atoms with Gasteiger partial charge in [0.25, 0.3) is 5.91 Å². The van der Waals surface area contributed by atoms with E-state index in [0.717, 1.165) is 25.7 Å². The van der Waals surface area contributed by atoms with Crippen molar-refractivity contribution in [1.29, 1.82) is 0 Å². The zero-order valence-electron chi connectivity index (χ0n) is 15.1. The van der Waals surface area contributed by atoms with Crippen LogP contribution in [-0.2, 0) is 4.74 Å². The van der Waals surface area contributed by atoms with E-state index in [1.165, 1.54) is 0 Å². The average molecular weight is 365 g/mol. The van der Waals surface area contributed by atoms with Crippen molar-refractivity contribution < 1.29 is 19.4 Å². The van der Waals surface area contributed by atoms with Gasteiger partial charge in [-0.2, -0.15) is 0 Å². The minimum atomic E-state index is -0.994. The predicted octanol–water partition coefficient (Wildman–Crippen LogP) is 3.84. The van der Waals surface area contributed by atoms with E-state index in [9.17, 15) is 14.7 Å². The number of benzene rings is 2. The maximum atomic E-state index is 13.5. The Kier molecular flexibility index (Phi) is 4.94. The number of hydrogen-bond donors (Lipinski definition) is 1. The van der Waals surface area contributed by atoms with Crippen LogP contribution in [0.4, 0.5) is 0 Å². The summed E-state index contributed by atoms with van der Waals surface area (Å²) in [6, 6.07) is 14.2. The molecule has 0 spiro atoms. The van der Waals surface area contributed by atoms with Crippen molar-refractivity contribution in [3.63, 3.8) is 0 Å². The highest BCUT2D eigenvalue weighted by Crippen LogP contribution is 2.32. The summed E-state index contributed by atoms with van der Waals surface area (Å²) in [5.74, 6) is -1.03. The number of rotatable bonds is 3. The number of carbonyl (C=O) groups excluding carboxylic acids is 1.